The van der Waals surface area contributed by atoms with Crippen LogP contribution in [-0.2, 0) is 6.54 Å². The maximum Gasteiger partial charge on any atom is 0.441 e. The molecule has 1 N–H and O–H groups in total. The normalized spacial score (nSPS) is 16.0. The molecule has 1 aliphatic heterocycles. The monoisotopic (exact) mass is 436 g/mol. The van der Waals surface area contributed by atoms with E-state index >= 15 is 0 Å². The molecule has 168 valence electrons. The van der Waals surface area contributed by atoms with Crippen LogP contribution in [0.25, 0.3) is 11.4 Å². The number of amides is 1. The molecule has 32 heavy (non-hydrogen) atoms. The van der Waals surface area contributed by atoms with Crippen molar-refractivity contribution in [2.24, 2.45) is 0 Å². The summed E-state index contributed by atoms with van der Waals surface area (Å²) in [4.78, 5) is 29.0. The summed E-state index contributed by atoms with van der Waals surface area (Å²) in [5.74, 6) is -0.145. The highest BCUT2D eigenvalue weighted by Crippen LogP contribution is 2.16. The first-order valence-electron chi connectivity index (χ1n) is 10.9. The lowest BCUT2D eigenvalue weighted by Gasteiger charge is -2.24. The van der Waals surface area contributed by atoms with Crippen molar-refractivity contribution in [1.82, 2.24) is 19.5 Å². The molecule has 1 aromatic heterocycles. The topological polar surface area (TPSA) is 91.8 Å². The maximum atomic E-state index is 12.9. The van der Waals surface area contributed by atoms with Crippen molar-refractivity contribution in [3.05, 3.63) is 76.3 Å². The molecule has 0 saturated carbocycles. The van der Waals surface area contributed by atoms with E-state index in [9.17, 15) is 14.7 Å². The molecule has 2 aromatic carbocycles. The van der Waals surface area contributed by atoms with Gasteiger partial charge in [0.2, 0.25) is 0 Å². The summed E-state index contributed by atoms with van der Waals surface area (Å²) in [6, 6.07) is 16.9. The van der Waals surface area contributed by atoms with Crippen LogP contribution in [0.2, 0.25) is 0 Å². The second-order valence-electron chi connectivity index (χ2n) is 8.22. The third-order valence-electron chi connectivity index (χ3n) is 5.72. The van der Waals surface area contributed by atoms with Crippen LogP contribution in [0, 0.1) is 6.92 Å². The quantitative estimate of drug-likeness (QED) is 0.636. The third-order valence-corrected chi connectivity index (χ3v) is 5.72. The molecule has 1 amide bonds. The van der Waals surface area contributed by atoms with Crippen LogP contribution in [-0.4, -0.2) is 69.4 Å². The molecule has 4 rings (SSSR count). The second kappa shape index (κ2) is 9.93. The zero-order valence-corrected chi connectivity index (χ0v) is 18.2. The molecule has 1 aliphatic rings. The minimum absolute atomic E-state index is 0.0413. The van der Waals surface area contributed by atoms with Gasteiger partial charge in [-0.3, -0.25) is 18.8 Å². The molecule has 3 aromatic rings. The minimum Gasteiger partial charge on any atom is -0.390 e. The fourth-order valence-electron chi connectivity index (χ4n) is 4.11. The van der Waals surface area contributed by atoms with Gasteiger partial charge in [0.05, 0.1) is 12.6 Å². The van der Waals surface area contributed by atoms with E-state index in [2.05, 4.69) is 10.1 Å². The van der Waals surface area contributed by atoms with Gasteiger partial charge in [0.1, 0.15) is 0 Å². The Kier molecular flexibility index (Phi) is 6.82. The first-order chi connectivity index (χ1) is 15.5. The van der Waals surface area contributed by atoms with Crippen molar-refractivity contribution in [2.75, 3.05) is 32.7 Å². The molecular weight excluding hydrogens is 408 g/mol. The molecular formula is C24H28N4O4. The van der Waals surface area contributed by atoms with E-state index in [1.54, 1.807) is 0 Å². The van der Waals surface area contributed by atoms with Crippen LogP contribution in [0.3, 0.4) is 0 Å². The number of aliphatic hydroxyl groups excluding tert-OH is 1. The average molecular weight is 437 g/mol. The molecule has 1 unspecified atom stereocenters. The maximum absolute atomic E-state index is 12.9. The number of hydrogen-bond donors (Lipinski definition) is 1. The molecule has 0 spiro atoms. The molecule has 8 nitrogen and oxygen atoms in total. The van der Waals surface area contributed by atoms with Gasteiger partial charge in [0.15, 0.2) is 5.82 Å². The SMILES string of the molecule is Cc1cccc(C(=O)N2CCCN(CC(O)Cn3c(-c4ccccc4)noc3=O)CC2)c1. The first kappa shape index (κ1) is 22.0. The molecule has 1 saturated heterocycles. The number of aromatic nitrogens is 2. The zero-order chi connectivity index (χ0) is 22.5. The Morgan fingerprint density at radius 2 is 1.88 bits per heavy atom. The summed E-state index contributed by atoms with van der Waals surface area (Å²) >= 11 is 0. The average Bonchev–Trinajstić information content (AvgIpc) is 3.00. The van der Waals surface area contributed by atoms with Gasteiger partial charge in [-0.15, -0.1) is 0 Å². The van der Waals surface area contributed by atoms with Crippen molar-refractivity contribution in [3.8, 4) is 11.4 Å². The highest BCUT2D eigenvalue weighted by molar-refractivity contribution is 5.94. The number of carbonyl (C=O) groups is 1. The van der Waals surface area contributed by atoms with Crippen LogP contribution in [0.1, 0.15) is 22.3 Å². The summed E-state index contributed by atoms with van der Waals surface area (Å²) in [5, 5.41) is 14.6. The largest absolute Gasteiger partial charge is 0.441 e. The number of benzene rings is 2. The molecule has 8 heteroatoms. The van der Waals surface area contributed by atoms with Crippen LogP contribution >= 0.6 is 0 Å². The van der Waals surface area contributed by atoms with Gasteiger partial charge in [-0.05, 0) is 32.0 Å². The van der Waals surface area contributed by atoms with E-state index in [-0.39, 0.29) is 12.5 Å². The fraction of sp³-hybridized carbons (Fsp3) is 0.375. The standard InChI is InChI=1S/C24H28N4O4/c1-18-7-5-10-20(15-18)23(30)27-12-6-11-26(13-14-27)16-21(29)17-28-22(25-32-24(28)31)19-8-3-2-4-9-19/h2-5,7-10,15,21,29H,6,11-14,16-17H2,1H3. The molecule has 0 radical (unpaired) electrons. The summed E-state index contributed by atoms with van der Waals surface area (Å²) in [6.45, 7) is 5.20. The Morgan fingerprint density at radius 1 is 1.06 bits per heavy atom. The lowest BCUT2D eigenvalue weighted by Crippen LogP contribution is -2.39. The van der Waals surface area contributed by atoms with E-state index in [1.807, 2.05) is 66.4 Å². The van der Waals surface area contributed by atoms with Crippen molar-refractivity contribution >= 4 is 5.91 Å². The van der Waals surface area contributed by atoms with Gasteiger partial charge in [0, 0.05) is 37.3 Å². The number of nitrogens with zero attached hydrogens (tertiary/aromatic N) is 4. The summed E-state index contributed by atoms with van der Waals surface area (Å²) in [7, 11) is 0. The van der Waals surface area contributed by atoms with Crippen molar-refractivity contribution in [3.63, 3.8) is 0 Å². The Hall–Kier alpha value is -3.23. The minimum atomic E-state index is -0.770. The predicted molar refractivity (Wildman–Crippen MR) is 120 cm³/mol. The molecule has 2 heterocycles. The van der Waals surface area contributed by atoms with Gasteiger partial charge in [0.25, 0.3) is 5.91 Å². The Bertz CT molecular complexity index is 1110. The van der Waals surface area contributed by atoms with Crippen molar-refractivity contribution < 1.29 is 14.4 Å². The van der Waals surface area contributed by atoms with E-state index in [1.165, 1.54) is 4.57 Å². The van der Waals surface area contributed by atoms with E-state index < -0.39 is 11.9 Å². The fourth-order valence-corrected chi connectivity index (χ4v) is 4.11. The Morgan fingerprint density at radius 3 is 2.66 bits per heavy atom. The van der Waals surface area contributed by atoms with E-state index in [0.717, 1.165) is 24.1 Å². The van der Waals surface area contributed by atoms with Gasteiger partial charge in [-0.1, -0.05) is 53.2 Å². The number of carbonyl (C=O) groups excluding carboxylic acids is 1. The van der Waals surface area contributed by atoms with Crippen LogP contribution in [0.4, 0.5) is 0 Å². The third kappa shape index (κ3) is 5.15. The Balaban J connectivity index is 1.36. The van der Waals surface area contributed by atoms with E-state index in [4.69, 9.17) is 4.52 Å². The number of β-amino-alcohol motifs (C(OH)–C–C–N with tert-alkyl or cyclic N) is 1. The predicted octanol–water partition coefficient (Wildman–Crippen LogP) is 2.02. The van der Waals surface area contributed by atoms with Crippen LogP contribution in [0.5, 0.6) is 0 Å². The van der Waals surface area contributed by atoms with Gasteiger partial charge < -0.3 is 10.0 Å². The lowest BCUT2D eigenvalue weighted by atomic mass is 10.1. The smallest absolute Gasteiger partial charge is 0.390 e. The highest BCUT2D eigenvalue weighted by atomic mass is 16.5. The number of rotatable bonds is 6. The first-order valence-corrected chi connectivity index (χ1v) is 10.9. The highest BCUT2D eigenvalue weighted by Gasteiger charge is 2.23. The molecule has 1 fully saturated rings. The van der Waals surface area contributed by atoms with E-state index in [0.29, 0.717) is 37.6 Å². The Labute approximate surface area is 186 Å². The number of hydrogen-bond acceptors (Lipinski definition) is 6. The molecule has 1 atom stereocenters. The van der Waals surface area contributed by atoms with Crippen LogP contribution in [0.15, 0.2) is 63.9 Å². The van der Waals surface area contributed by atoms with Crippen molar-refractivity contribution in [2.45, 2.75) is 26.0 Å². The number of aliphatic hydroxyl groups is 1. The van der Waals surface area contributed by atoms with Crippen LogP contribution < -0.4 is 5.76 Å². The van der Waals surface area contributed by atoms with Gasteiger partial charge >= 0.3 is 5.76 Å². The summed E-state index contributed by atoms with van der Waals surface area (Å²) < 4.78 is 6.21. The second-order valence-corrected chi connectivity index (χ2v) is 8.22. The molecule has 0 aliphatic carbocycles. The molecule has 0 bridgehead atoms. The van der Waals surface area contributed by atoms with Gasteiger partial charge in [-0.2, -0.15) is 0 Å². The number of aryl methyl sites for hydroxylation is 1. The van der Waals surface area contributed by atoms with Gasteiger partial charge in [-0.25, -0.2) is 4.79 Å². The summed E-state index contributed by atoms with van der Waals surface area (Å²) in [6.07, 6.45) is 0.0563. The summed E-state index contributed by atoms with van der Waals surface area (Å²) in [5.41, 5.74) is 2.53. The zero-order valence-electron chi connectivity index (χ0n) is 18.2. The van der Waals surface area contributed by atoms with Crippen molar-refractivity contribution in [1.29, 1.82) is 0 Å². The lowest BCUT2D eigenvalue weighted by molar-refractivity contribution is 0.0749.